The molecule has 1 aliphatic heterocycles. The molecule has 2 aromatic rings. The van der Waals surface area contributed by atoms with Crippen LogP contribution in [0.2, 0.25) is 0 Å². The van der Waals surface area contributed by atoms with E-state index in [0.29, 0.717) is 31.2 Å². The van der Waals surface area contributed by atoms with E-state index in [1.165, 1.54) is 11.3 Å². The van der Waals surface area contributed by atoms with Gasteiger partial charge in [0.1, 0.15) is 6.04 Å². The molecule has 2 N–H and O–H groups in total. The maximum Gasteiger partial charge on any atom is 0.261 e. The van der Waals surface area contributed by atoms with Gasteiger partial charge in [-0.2, -0.15) is 0 Å². The van der Waals surface area contributed by atoms with Crippen molar-refractivity contribution in [1.29, 1.82) is 0 Å². The summed E-state index contributed by atoms with van der Waals surface area (Å²) < 4.78 is 5.45. The molecule has 0 radical (unpaired) electrons. The summed E-state index contributed by atoms with van der Waals surface area (Å²) in [7, 11) is 0. The first-order valence-corrected chi connectivity index (χ1v) is 13.4. The molecule has 196 valence electrons. The van der Waals surface area contributed by atoms with Gasteiger partial charge in [0.25, 0.3) is 5.91 Å². The zero-order valence-corrected chi connectivity index (χ0v) is 22.5. The molecule has 0 unspecified atom stereocenters. The lowest BCUT2D eigenvalue weighted by atomic mass is 9.98. The van der Waals surface area contributed by atoms with Gasteiger partial charge in [0.05, 0.1) is 24.6 Å². The molecule has 0 saturated carbocycles. The number of morpholine rings is 1. The van der Waals surface area contributed by atoms with Gasteiger partial charge in [0.15, 0.2) is 0 Å². The molecule has 1 fully saturated rings. The van der Waals surface area contributed by atoms with Gasteiger partial charge >= 0.3 is 0 Å². The van der Waals surface area contributed by atoms with Gasteiger partial charge in [0, 0.05) is 31.7 Å². The average Bonchev–Trinajstić information content (AvgIpc) is 3.41. The van der Waals surface area contributed by atoms with Crippen LogP contribution in [0.3, 0.4) is 0 Å². The number of amides is 3. The van der Waals surface area contributed by atoms with Gasteiger partial charge in [-0.3, -0.25) is 19.3 Å². The monoisotopic (exact) mass is 514 g/mol. The van der Waals surface area contributed by atoms with E-state index in [9.17, 15) is 14.4 Å². The molecular formula is C27H38N4O4S. The zero-order valence-electron chi connectivity index (χ0n) is 21.7. The van der Waals surface area contributed by atoms with E-state index in [2.05, 4.69) is 15.5 Å². The second-order valence-electron chi connectivity index (χ2n) is 9.74. The fraction of sp³-hybridized carbons (Fsp3) is 0.519. The molecule has 1 aliphatic rings. The number of hydrogen-bond acceptors (Lipinski definition) is 6. The number of carbonyl (C=O) groups is 3. The van der Waals surface area contributed by atoms with Crippen LogP contribution in [0.1, 0.15) is 54.0 Å². The van der Waals surface area contributed by atoms with Crippen LogP contribution in [0.25, 0.3) is 0 Å². The molecule has 0 bridgehead atoms. The van der Waals surface area contributed by atoms with Crippen molar-refractivity contribution in [3.8, 4) is 0 Å². The van der Waals surface area contributed by atoms with E-state index in [0.717, 1.165) is 30.6 Å². The number of carbonyl (C=O) groups excluding carboxylic acids is 3. The summed E-state index contributed by atoms with van der Waals surface area (Å²) >= 11 is 1.32. The van der Waals surface area contributed by atoms with Gasteiger partial charge in [-0.25, -0.2) is 0 Å². The van der Waals surface area contributed by atoms with Gasteiger partial charge < -0.3 is 20.3 Å². The Morgan fingerprint density at radius 2 is 1.83 bits per heavy atom. The van der Waals surface area contributed by atoms with Gasteiger partial charge in [-0.15, -0.1) is 11.3 Å². The predicted molar refractivity (Wildman–Crippen MR) is 142 cm³/mol. The molecule has 1 aromatic heterocycles. The highest BCUT2D eigenvalue weighted by Gasteiger charge is 2.34. The molecule has 0 spiro atoms. The van der Waals surface area contributed by atoms with Crippen LogP contribution in [0.5, 0.6) is 0 Å². The maximum atomic E-state index is 13.7. The fourth-order valence-corrected chi connectivity index (χ4v) is 4.58. The van der Waals surface area contributed by atoms with Crippen LogP contribution in [-0.4, -0.2) is 79.0 Å². The van der Waals surface area contributed by atoms with Crippen LogP contribution in [-0.2, 0) is 14.3 Å². The Balaban J connectivity index is 1.87. The van der Waals surface area contributed by atoms with Crippen molar-refractivity contribution in [2.45, 2.75) is 45.7 Å². The molecule has 1 saturated heterocycles. The Hall–Kier alpha value is -2.75. The number of benzene rings is 1. The molecule has 8 nitrogen and oxygen atoms in total. The van der Waals surface area contributed by atoms with Crippen LogP contribution in [0, 0.1) is 6.92 Å². The Labute approximate surface area is 218 Å². The quantitative estimate of drug-likeness (QED) is 0.481. The van der Waals surface area contributed by atoms with Crippen molar-refractivity contribution in [2.75, 3.05) is 45.9 Å². The van der Waals surface area contributed by atoms with Crippen molar-refractivity contribution in [3.63, 3.8) is 0 Å². The fourth-order valence-electron chi connectivity index (χ4n) is 3.94. The minimum Gasteiger partial charge on any atom is -0.379 e. The van der Waals surface area contributed by atoms with Crippen molar-refractivity contribution in [3.05, 3.63) is 57.8 Å². The topological polar surface area (TPSA) is 91.0 Å². The van der Waals surface area contributed by atoms with E-state index < -0.39 is 11.6 Å². The number of aryl methyl sites for hydroxylation is 1. The van der Waals surface area contributed by atoms with Crippen LogP contribution < -0.4 is 10.6 Å². The van der Waals surface area contributed by atoms with Crippen LogP contribution in [0.15, 0.2) is 41.8 Å². The Kier molecular flexibility index (Phi) is 10.0. The highest BCUT2D eigenvalue weighted by atomic mass is 32.1. The third kappa shape index (κ3) is 7.88. The summed E-state index contributed by atoms with van der Waals surface area (Å²) in [6, 6.07) is 10.4. The lowest BCUT2D eigenvalue weighted by Gasteiger charge is -2.36. The highest BCUT2D eigenvalue weighted by molar-refractivity contribution is 7.12. The number of rotatable bonds is 11. The summed E-state index contributed by atoms with van der Waals surface area (Å²) in [5.41, 5.74) is 1.39. The maximum absolute atomic E-state index is 13.7. The number of hydrogen-bond donors (Lipinski definition) is 2. The molecule has 36 heavy (non-hydrogen) atoms. The first-order valence-electron chi connectivity index (χ1n) is 12.5. The summed E-state index contributed by atoms with van der Waals surface area (Å²) in [5, 5.41) is 7.68. The normalized spacial score (nSPS) is 15.2. The molecule has 2 heterocycles. The number of thiophene rings is 1. The molecule has 1 atom stereocenters. The van der Waals surface area contributed by atoms with E-state index in [4.69, 9.17) is 4.74 Å². The highest BCUT2D eigenvalue weighted by Crippen LogP contribution is 2.24. The lowest BCUT2D eigenvalue weighted by Crippen LogP contribution is -2.53. The largest absolute Gasteiger partial charge is 0.379 e. The summed E-state index contributed by atoms with van der Waals surface area (Å²) in [6.07, 6.45) is 0.748. The molecular weight excluding hydrogens is 476 g/mol. The first kappa shape index (κ1) is 27.8. The van der Waals surface area contributed by atoms with Crippen molar-refractivity contribution < 1.29 is 19.1 Å². The Morgan fingerprint density at radius 1 is 1.14 bits per heavy atom. The second-order valence-corrected chi connectivity index (χ2v) is 10.7. The Bertz CT molecular complexity index is 1000. The first-order chi connectivity index (χ1) is 17.2. The summed E-state index contributed by atoms with van der Waals surface area (Å²) in [6.45, 7) is 11.6. The zero-order chi connectivity index (χ0) is 26.1. The van der Waals surface area contributed by atoms with Crippen molar-refractivity contribution >= 4 is 29.1 Å². The smallest absolute Gasteiger partial charge is 0.261 e. The average molecular weight is 515 g/mol. The Morgan fingerprint density at radius 3 is 2.44 bits per heavy atom. The number of ether oxygens (including phenoxy) is 1. The SMILES string of the molecule is CCC(C)(C)NC(=O)[C@@H](c1ccc(C)cc1)N(CCN1CCOCC1)C(=O)CNC(=O)c1cccs1. The number of nitrogens with one attached hydrogen (secondary N) is 2. The number of nitrogens with zero attached hydrogens (tertiary/aromatic N) is 2. The van der Waals surface area contributed by atoms with Crippen LogP contribution in [0.4, 0.5) is 0 Å². The molecule has 0 aliphatic carbocycles. The van der Waals surface area contributed by atoms with Crippen molar-refractivity contribution in [2.24, 2.45) is 0 Å². The lowest BCUT2D eigenvalue weighted by molar-refractivity contribution is -0.141. The third-order valence-electron chi connectivity index (χ3n) is 6.52. The van der Waals surface area contributed by atoms with E-state index in [-0.39, 0.29) is 24.3 Å². The second kappa shape index (κ2) is 13.0. The van der Waals surface area contributed by atoms with Gasteiger partial charge in [-0.05, 0) is 44.2 Å². The third-order valence-corrected chi connectivity index (χ3v) is 7.39. The van der Waals surface area contributed by atoms with E-state index in [1.807, 2.05) is 57.3 Å². The van der Waals surface area contributed by atoms with Gasteiger partial charge in [-0.1, -0.05) is 42.8 Å². The van der Waals surface area contributed by atoms with Crippen LogP contribution >= 0.6 is 11.3 Å². The van der Waals surface area contributed by atoms with Gasteiger partial charge in [0.2, 0.25) is 11.8 Å². The van der Waals surface area contributed by atoms with Crippen molar-refractivity contribution in [1.82, 2.24) is 20.4 Å². The minimum absolute atomic E-state index is 0.188. The standard InChI is InChI=1S/C27H38N4O4S/c1-5-27(3,4)29-26(34)24(21-10-8-20(2)9-11-21)31(13-12-30-14-16-35-17-15-30)23(32)19-28-25(33)22-7-6-18-36-22/h6-11,18,24H,5,12-17,19H2,1-4H3,(H,28,33)(H,29,34)/t24-/m1/s1. The predicted octanol–water partition coefficient (Wildman–Crippen LogP) is 2.99. The minimum atomic E-state index is -0.816. The molecule has 9 heteroatoms. The van der Waals surface area contributed by atoms with E-state index >= 15 is 0 Å². The molecule has 3 amide bonds. The summed E-state index contributed by atoms with van der Waals surface area (Å²) in [4.78, 5) is 44.2. The molecule has 1 aromatic carbocycles. The summed E-state index contributed by atoms with van der Waals surface area (Å²) in [5.74, 6) is -0.830. The van der Waals surface area contributed by atoms with E-state index in [1.54, 1.807) is 17.0 Å². The molecule has 3 rings (SSSR count).